The van der Waals surface area contributed by atoms with Gasteiger partial charge in [-0.05, 0) is 37.4 Å². The summed E-state index contributed by atoms with van der Waals surface area (Å²) in [6.07, 6.45) is -0.0838. The van der Waals surface area contributed by atoms with Gasteiger partial charge in [0.25, 0.3) is 0 Å². The molecule has 0 radical (unpaired) electrons. The number of anilines is 2. The minimum atomic E-state index is -4.50. The molecule has 196 valence electrons. The summed E-state index contributed by atoms with van der Waals surface area (Å²) in [5.74, 6) is 0.774. The molecule has 2 aliphatic rings. The number of aromatic nitrogens is 2. The fraction of sp³-hybridized carbons (Fsp3) is 0.593. The van der Waals surface area contributed by atoms with E-state index in [0.717, 1.165) is 63.6 Å². The maximum absolute atomic E-state index is 13.4. The average molecular weight is 504 g/mol. The number of halogens is 3. The summed E-state index contributed by atoms with van der Waals surface area (Å²) in [6, 6.07) is 9.22. The number of benzene rings is 1. The van der Waals surface area contributed by atoms with Crippen LogP contribution < -0.4 is 9.80 Å². The van der Waals surface area contributed by atoms with Gasteiger partial charge < -0.3 is 9.80 Å². The standard InChI is InChI=1S/C27H36F3N5O/c1-26(2,3)25-31-22(27(28,29)30)19-23(32-25)34-17-15-33(16-18-34)13-7-4-8-14-35-21-10-6-5-9-20(21)11-12-24(35)36/h5-6,9-10,19H,4,7-8,11-18H2,1-3H3. The van der Waals surface area contributed by atoms with Gasteiger partial charge in [-0.3, -0.25) is 9.69 Å². The number of piperazine rings is 1. The number of amides is 1. The molecule has 9 heteroatoms. The Balaban J connectivity index is 1.25. The second-order valence-corrected chi connectivity index (χ2v) is 10.7. The van der Waals surface area contributed by atoms with Crippen molar-refractivity contribution in [2.75, 3.05) is 49.1 Å². The van der Waals surface area contributed by atoms with Crippen LogP contribution in [-0.2, 0) is 22.8 Å². The molecule has 4 rings (SSSR count). The molecule has 1 fully saturated rings. The van der Waals surface area contributed by atoms with Crippen molar-refractivity contribution < 1.29 is 18.0 Å². The summed E-state index contributed by atoms with van der Waals surface area (Å²) in [4.78, 5) is 26.9. The van der Waals surface area contributed by atoms with Gasteiger partial charge in [0.2, 0.25) is 5.91 Å². The van der Waals surface area contributed by atoms with Gasteiger partial charge in [-0.1, -0.05) is 45.4 Å². The quantitative estimate of drug-likeness (QED) is 0.494. The number of nitrogens with zero attached hydrogens (tertiary/aromatic N) is 5. The number of carbonyl (C=O) groups is 1. The van der Waals surface area contributed by atoms with Gasteiger partial charge in [-0.2, -0.15) is 13.2 Å². The summed E-state index contributed by atoms with van der Waals surface area (Å²) in [5.41, 5.74) is 0.849. The molecule has 0 aliphatic carbocycles. The molecule has 0 N–H and O–H groups in total. The van der Waals surface area contributed by atoms with Crippen LogP contribution in [0.15, 0.2) is 30.3 Å². The van der Waals surface area contributed by atoms with E-state index >= 15 is 0 Å². The molecule has 3 heterocycles. The molecule has 0 saturated carbocycles. The number of fused-ring (bicyclic) bond motifs is 1. The maximum atomic E-state index is 13.4. The van der Waals surface area contributed by atoms with E-state index in [1.54, 1.807) is 0 Å². The third-order valence-electron chi connectivity index (χ3n) is 6.92. The lowest BCUT2D eigenvalue weighted by atomic mass is 9.95. The van der Waals surface area contributed by atoms with E-state index in [-0.39, 0.29) is 11.7 Å². The zero-order valence-electron chi connectivity index (χ0n) is 21.4. The van der Waals surface area contributed by atoms with Gasteiger partial charge in [0.15, 0.2) is 0 Å². The third-order valence-corrected chi connectivity index (χ3v) is 6.92. The van der Waals surface area contributed by atoms with Gasteiger partial charge in [-0.15, -0.1) is 0 Å². The van der Waals surface area contributed by atoms with Crippen molar-refractivity contribution in [3.63, 3.8) is 0 Å². The van der Waals surface area contributed by atoms with E-state index in [0.29, 0.717) is 25.3 Å². The third kappa shape index (κ3) is 6.35. The molecule has 0 spiro atoms. The SMILES string of the molecule is CC(C)(C)c1nc(N2CCN(CCCCCN3C(=O)CCc4ccccc43)CC2)cc(C(F)(F)F)n1. The van der Waals surface area contributed by atoms with Crippen LogP contribution in [0.1, 0.15) is 63.5 Å². The first-order chi connectivity index (χ1) is 17.0. The van der Waals surface area contributed by atoms with E-state index in [1.165, 1.54) is 5.56 Å². The fourth-order valence-corrected chi connectivity index (χ4v) is 4.80. The first-order valence-corrected chi connectivity index (χ1v) is 12.8. The Morgan fingerprint density at radius 1 is 0.889 bits per heavy atom. The van der Waals surface area contributed by atoms with E-state index in [4.69, 9.17) is 0 Å². The number of para-hydroxylation sites is 1. The molecular weight excluding hydrogens is 467 g/mol. The summed E-state index contributed by atoms with van der Waals surface area (Å²) >= 11 is 0. The van der Waals surface area contributed by atoms with Crippen LogP contribution in [0.3, 0.4) is 0 Å². The van der Waals surface area contributed by atoms with Crippen LogP contribution in [-0.4, -0.2) is 60.0 Å². The fourth-order valence-electron chi connectivity index (χ4n) is 4.80. The molecule has 2 aliphatic heterocycles. The van der Waals surface area contributed by atoms with Gasteiger partial charge in [0, 0.05) is 56.3 Å². The van der Waals surface area contributed by atoms with E-state index in [1.807, 2.05) is 48.8 Å². The predicted octanol–water partition coefficient (Wildman–Crippen LogP) is 5.06. The molecule has 1 aromatic carbocycles. The number of hydrogen-bond acceptors (Lipinski definition) is 5. The van der Waals surface area contributed by atoms with Crippen molar-refractivity contribution in [3.8, 4) is 0 Å². The highest BCUT2D eigenvalue weighted by atomic mass is 19.4. The smallest absolute Gasteiger partial charge is 0.354 e. The summed E-state index contributed by atoms with van der Waals surface area (Å²) in [7, 11) is 0. The van der Waals surface area contributed by atoms with Crippen LogP contribution >= 0.6 is 0 Å². The lowest BCUT2D eigenvalue weighted by molar-refractivity contribution is -0.141. The minimum Gasteiger partial charge on any atom is -0.354 e. The molecule has 6 nitrogen and oxygen atoms in total. The zero-order chi connectivity index (χ0) is 25.9. The number of rotatable bonds is 7. The number of aryl methyl sites for hydroxylation is 1. The highest BCUT2D eigenvalue weighted by Crippen LogP contribution is 2.32. The first kappa shape index (κ1) is 26.4. The summed E-state index contributed by atoms with van der Waals surface area (Å²) in [5, 5.41) is 0. The van der Waals surface area contributed by atoms with Crippen LogP contribution in [0.4, 0.5) is 24.7 Å². The van der Waals surface area contributed by atoms with E-state index < -0.39 is 17.3 Å². The second kappa shape index (κ2) is 10.7. The number of unbranched alkanes of at least 4 members (excludes halogenated alkanes) is 2. The Hall–Kier alpha value is -2.68. The van der Waals surface area contributed by atoms with Crippen molar-refractivity contribution in [1.82, 2.24) is 14.9 Å². The maximum Gasteiger partial charge on any atom is 0.433 e. The molecule has 1 aromatic heterocycles. The van der Waals surface area contributed by atoms with Crippen molar-refractivity contribution in [2.45, 2.75) is 64.5 Å². The molecule has 0 bridgehead atoms. The lowest BCUT2D eigenvalue weighted by Crippen LogP contribution is -2.47. The number of alkyl halides is 3. The predicted molar refractivity (Wildman–Crippen MR) is 135 cm³/mol. The average Bonchev–Trinajstić information content (AvgIpc) is 2.84. The highest BCUT2D eigenvalue weighted by molar-refractivity contribution is 5.96. The van der Waals surface area contributed by atoms with E-state index in [2.05, 4.69) is 20.9 Å². The molecular formula is C27H36F3N5O. The Bertz CT molecular complexity index is 1030. The Kier molecular flexibility index (Phi) is 7.87. The van der Waals surface area contributed by atoms with E-state index in [9.17, 15) is 18.0 Å². The normalized spacial score (nSPS) is 17.4. The van der Waals surface area contributed by atoms with Gasteiger partial charge in [-0.25, -0.2) is 9.97 Å². The second-order valence-electron chi connectivity index (χ2n) is 10.7. The zero-order valence-corrected chi connectivity index (χ0v) is 21.4. The molecule has 36 heavy (non-hydrogen) atoms. The van der Waals surface area contributed by atoms with Crippen LogP contribution in [0.2, 0.25) is 0 Å². The largest absolute Gasteiger partial charge is 0.433 e. The van der Waals surface area contributed by atoms with Crippen molar-refractivity contribution in [3.05, 3.63) is 47.4 Å². The number of hydrogen-bond donors (Lipinski definition) is 0. The minimum absolute atomic E-state index is 0.206. The lowest BCUT2D eigenvalue weighted by Gasteiger charge is -2.36. The van der Waals surface area contributed by atoms with Crippen molar-refractivity contribution in [2.24, 2.45) is 0 Å². The summed E-state index contributed by atoms with van der Waals surface area (Å²) in [6.45, 7) is 10.0. The molecule has 1 saturated heterocycles. The van der Waals surface area contributed by atoms with Gasteiger partial charge in [0.1, 0.15) is 17.3 Å². The Morgan fingerprint density at radius 3 is 2.28 bits per heavy atom. The Morgan fingerprint density at radius 2 is 1.58 bits per heavy atom. The van der Waals surface area contributed by atoms with Crippen LogP contribution in [0.5, 0.6) is 0 Å². The van der Waals surface area contributed by atoms with Crippen LogP contribution in [0, 0.1) is 0 Å². The van der Waals surface area contributed by atoms with Gasteiger partial charge >= 0.3 is 6.18 Å². The van der Waals surface area contributed by atoms with Crippen LogP contribution in [0.25, 0.3) is 0 Å². The summed E-state index contributed by atoms with van der Waals surface area (Å²) < 4.78 is 40.3. The van der Waals surface area contributed by atoms with Gasteiger partial charge in [0.05, 0.1) is 0 Å². The van der Waals surface area contributed by atoms with Crippen molar-refractivity contribution >= 4 is 17.4 Å². The number of carbonyl (C=O) groups excluding carboxylic acids is 1. The molecule has 2 aromatic rings. The molecule has 0 atom stereocenters. The Labute approximate surface area is 211 Å². The monoisotopic (exact) mass is 503 g/mol. The molecule has 1 amide bonds. The highest BCUT2D eigenvalue weighted by Gasteiger charge is 2.36. The first-order valence-electron chi connectivity index (χ1n) is 12.8. The topological polar surface area (TPSA) is 52.6 Å². The van der Waals surface area contributed by atoms with Crippen molar-refractivity contribution in [1.29, 1.82) is 0 Å². The molecule has 0 unspecified atom stereocenters.